The average molecular weight is 322 g/mol. The molecule has 2 aromatic carbocycles. The number of benzene rings is 2. The third kappa shape index (κ3) is 3.98. The van der Waals surface area contributed by atoms with Crippen LogP contribution >= 0.6 is 0 Å². The smallest absolute Gasteiger partial charge is 0.194 e. The van der Waals surface area contributed by atoms with Gasteiger partial charge in [0, 0.05) is 5.56 Å². The number of halogens is 5. The lowest BCUT2D eigenvalue weighted by Gasteiger charge is -2.03. The second-order valence-corrected chi connectivity index (χ2v) is 4.77. The largest absolute Gasteiger partial charge is 0.206 e. The summed E-state index contributed by atoms with van der Waals surface area (Å²) in [5, 5.41) is 0. The molecule has 0 fully saturated rings. The normalized spacial score (nSPS) is 10.1. The lowest BCUT2D eigenvalue weighted by molar-refractivity contribution is 0.446. The zero-order valence-electron chi connectivity index (χ0n) is 11.9. The first-order chi connectivity index (χ1) is 10.9. The number of hydrogen-bond donors (Lipinski definition) is 0. The fraction of sp³-hybridized carbons (Fsp3) is 0.111. The number of hydrogen-bond acceptors (Lipinski definition) is 0. The van der Waals surface area contributed by atoms with Gasteiger partial charge in [-0.05, 0) is 42.7 Å². The highest BCUT2D eigenvalue weighted by molar-refractivity contribution is 5.45. The summed E-state index contributed by atoms with van der Waals surface area (Å²) < 4.78 is 66.7. The van der Waals surface area contributed by atoms with Gasteiger partial charge < -0.3 is 0 Å². The molecular weight excluding hydrogens is 311 g/mol. The molecule has 23 heavy (non-hydrogen) atoms. The highest BCUT2D eigenvalue weighted by Crippen LogP contribution is 2.17. The van der Waals surface area contributed by atoms with Crippen LogP contribution in [0.3, 0.4) is 0 Å². The zero-order chi connectivity index (χ0) is 17.0. The van der Waals surface area contributed by atoms with Gasteiger partial charge >= 0.3 is 0 Å². The van der Waals surface area contributed by atoms with Crippen molar-refractivity contribution in [3.8, 4) is 11.8 Å². The lowest BCUT2D eigenvalue weighted by atomic mass is 10.1. The molecule has 0 atom stereocenters. The molecule has 0 aliphatic carbocycles. The molecule has 0 bridgehead atoms. The Morgan fingerprint density at radius 2 is 1.39 bits per heavy atom. The molecule has 5 heteroatoms. The third-order valence-corrected chi connectivity index (χ3v) is 3.05. The lowest BCUT2D eigenvalue weighted by Crippen LogP contribution is -1.95. The van der Waals surface area contributed by atoms with E-state index in [2.05, 4.69) is 18.4 Å². The van der Waals surface area contributed by atoms with E-state index in [0.29, 0.717) is 30.5 Å². The van der Waals surface area contributed by atoms with Crippen LogP contribution in [0.5, 0.6) is 0 Å². The van der Waals surface area contributed by atoms with E-state index in [9.17, 15) is 22.0 Å². The average Bonchev–Trinajstić information content (AvgIpc) is 2.49. The zero-order valence-corrected chi connectivity index (χ0v) is 11.9. The van der Waals surface area contributed by atoms with Crippen LogP contribution in [0.4, 0.5) is 22.0 Å². The van der Waals surface area contributed by atoms with Crippen molar-refractivity contribution in [2.24, 2.45) is 0 Å². The summed E-state index contributed by atoms with van der Waals surface area (Å²) >= 11 is 0. The van der Waals surface area contributed by atoms with Crippen LogP contribution in [0.1, 0.15) is 23.1 Å². The van der Waals surface area contributed by atoms with E-state index < -0.39 is 34.6 Å². The Balaban J connectivity index is 2.36. The van der Waals surface area contributed by atoms with Gasteiger partial charge in [-0.25, -0.2) is 22.0 Å². The van der Waals surface area contributed by atoms with Crippen molar-refractivity contribution in [1.82, 2.24) is 0 Å². The van der Waals surface area contributed by atoms with Crippen LogP contribution in [-0.4, -0.2) is 0 Å². The molecule has 0 aliphatic heterocycles. The highest BCUT2D eigenvalue weighted by Gasteiger charge is 2.11. The van der Waals surface area contributed by atoms with Gasteiger partial charge in [0.1, 0.15) is 11.6 Å². The van der Waals surface area contributed by atoms with Crippen molar-refractivity contribution in [3.63, 3.8) is 0 Å². The molecule has 0 aliphatic rings. The third-order valence-electron chi connectivity index (χ3n) is 3.05. The predicted molar refractivity (Wildman–Crippen MR) is 77.2 cm³/mol. The Morgan fingerprint density at radius 1 is 0.826 bits per heavy atom. The molecule has 0 saturated carbocycles. The van der Waals surface area contributed by atoms with Crippen LogP contribution in [0.15, 0.2) is 36.9 Å². The van der Waals surface area contributed by atoms with Crippen molar-refractivity contribution >= 4 is 0 Å². The fourth-order valence-electron chi connectivity index (χ4n) is 1.92. The number of rotatable bonds is 3. The summed E-state index contributed by atoms with van der Waals surface area (Å²) in [5.74, 6) is -1.82. The van der Waals surface area contributed by atoms with Crippen LogP contribution in [0, 0.1) is 40.9 Å². The van der Waals surface area contributed by atoms with Gasteiger partial charge in [-0.1, -0.05) is 17.9 Å². The van der Waals surface area contributed by atoms with E-state index >= 15 is 0 Å². The van der Waals surface area contributed by atoms with E-state index in [4.69, 9.17) is 0 Å². The molecule has 118 valence electrons. The summed E-state index contributed by atoms with van der Waals surface area (Å²) in [6, 6.07) is 3.59. The molecule has 0 unspecified atom stereocenters. The molecule has 0 amide bonds. The summed E-state index contributed by atoms with van der Waals surface area (Å²) in [6.07, 6.45) is 2.62. The van der Waals surface area contributed by atoms with Crippen LogP contribution in [0.25, 0.3) is 0 Å². The van der Waals surface area contributed by atoms with Gasteiger partial charge in [0.25, 0.3) is 0 Å². The summed E-state index contributed by atoms with van der Waals surface area (Å²) in [6.45, 7) is 3.52. The summed E-state index contributed by atoms with van der Waals surface area (Å²) in [4.78, 5) is 0. The van der Waals surface area contributed by atoms with Crippen LogP contribution < -0.4 is 0 Å². The first-order valence-corrected chi connectivity index (χ1v) is 6.67. The van der Waals surface area contributed by atoms with Gasteiger partial charge in [-0.15, -0.1) is 6.58 Å². The highest BCUT2D eigenvalue weighted by atomic mass is 19.2. The Hall–Kier alpha value is -2.61. The second-order valence-electron chi connectivity index (χ2n) is 4.77. The fourth-order valence-corrected chi connectivity index (χ4v) is 1.92. The maximum Gasteiger partial charge on any atom is 0.194 e. The topological polar surface area (TPSA) is 0 Å². The predicted octanol–water partition coefficient (Wildman–Crippen LogP) is 4.90. The molecule has 0 saturated heterocycles. The minimum absolute atomic E-state index is 0.226. The molecule has 0 spiro atoms. The molecule has 0 radical (unpaired) electrons. The molecule has 2 rings (SSSR count). The van der Waals surface area contributed by atoms with Crippen molar-refractivity contribution in [3.05, 3.63) is 82.7 Å². The van der Waals surface area contributed by atoms with Crippen molar-refractivity contribution in [2.75, 3.05) is 0 Å². The van der Waals surface area contributed by atoms with Gasteiger partial charge in [0.05, 0.1) is 5.56 Å². The van der Waals surface area contributed by atoms with Crippen molar-refractivity contribution < 1.29 is 22.0 Å². The minimum Gasteiger partial charge on any atom is -0.206 e. The number of allylic oxidation sites excluding steroid dienone is 1. The first-order valence-electron chi connectivity index (χ1n) is 6.67. The molecule has 0 heterocycles. The van der Waals surface area contributed by atoms with Crippen LogP contribution in [0.2, 0.25) is 0 Å². The minimum atomic E-state index is -1.63. The Kier molecular flexibility index (Phi) is 5.17. The maximum atomic E-state index is 13.9. The van der Waals surface area contributed by atoms with E-state index in [1.54, 1.807) is 6.08 Å². The second kappa shape index (κ2) is 7.10. The Labute approximate surface area is 130 Å². The standard InChI is InChI=1S/C18H11F5/c1-2-3-4-11-7-14(19)13(15(20)8-11)6-5-12-9-16(21)18(23)17(22)10-12/h2,7-10H,1,3-4H2. The van der Waals surface area contributed by atoms with E-state index in [1.807, 2.05) is 0 Å². The molecule has 0 aromatic heterocycles. The summed E-state index contributed by atoms with van der Waals surface area (Å²) in [7, 11) is 0. The maximum absolute atomic E-state index is 13.9. The Bertz CT molecular complexity index is 766. The monoisotopic (exact) mass is 322 g/mol. The molecule has 2 aromatic rings. The Morgan fingerprint density at radius 3 is 1.91 bits per heavy atom. The quantitative estimate of drug-likeness (QED) is 0.326. The van der Waals surface area contributed by atoms with Gasteiger partial charge in [-0.3, -0.25) is 0 Å². The summed E-state index contributed by atoms with van der Waals surface area (Å²) in [5.41, 5.74) is -0.294. The number of aryl methyl sites for hydroxylation is 1. The van der Waals surface area contributed by atoms with E-state index in [1.165, 1.54) is 0 Å². The van der Waals surface area contributed by atoms with Gasteiger partial charge in [-0.2, -0.15) is 0 Å². The van der Waals surface area contributed by atoms with Crippen molar-refractivity contribution in [1.29, 1.82) is 0 Å². The molecular formula is C18H11F5. The molecule has 0 nitrogen and oxygen atoms in total. The van der Waals surface area contributed by atoms with Gasteiger partial charge in [0.2, 0.25) is 0 Å². The SMILES string of the molecule is C=CCCc1cc(F)c(C#Cc2cc(F)c(F)c(F)c2)c(F)c1. The first kappa shape index (κ1) is 16.8. The van der Waals surface area contributed by atoms with Crippen molar-refractivity contribution in [2.45, 2.75) is 12.8 Å². The van der Waals surface area contributed by atoms with E-state index in [-0.39, 0.29) is 5.56 Å². The van der Waals surface area contributed by atoms with E-state index in [0.717, 1.165) is 12.1 Å². The molecule has 0 N–H and O–H groups in total. The van der Waals surface area contributed by atoms with Gasteiger partial charge in [0.15, 0.2) is 17.5 Å². The van der Waals surface area contributed by atoms with Crippen LogP contribution in [-0.2, 0) is 6.42 Å².